The maximum atomic E-state index is 12.5. The predicted molar refractivity (Wildman–Crippen MR) is 149 cm³/mol. The summed E-state index contributed by atoms with van der Waals surface area (Å²) in [5, 5.41) is 5.91. The molecule has 0 aliphatic carbocycles. The first kappa shape index (κ1) is 25.0. The largest absolute Gasteiger partial charge is 0.322 e. The average molecular weight is 473 g/mol. The number of carbonyl (C=O) groups excluding carboxylic acids is 2. The fourth-order valence-corrected chi connectivity index (χ4v) is 3.97. The van der Waals surface area contributed by atoms with Gasteiger partial charge in [-0.3, -0.25) is 9.59 Å². The highest BCUT2D eigenvalue weighted by molar-refractivity contribution is 6.32. The second kappa shape index (κ2) is 12.0. The summed E-state index contributed by atoms with van der Waals surface area (Å²) in [5.74, 6) is -0.229. The fourth-order valence-electron chi connectivity index (χ4n) is 3.97. The maximum absolute atomic E-state index is 12.5. The topological polar surface area (TPSA) is 58.2 Å². The van der Waals surface area contributed by atoms with E-state index in [0.717, 1.165) is 41.7 Å². The molecule has 0 bridgehead atoms. The molecule has 0 aromatic heterocycles. The van der Waals surface area contributed by atoms with Crippen LogP contribution >= 0.6 is 0 Å². The van der Waals surface area contributed by atoms with Crippen LogP contribution in [0.4, 0.5) is 11.4 Å². The summed E-state index contributed by atoms with van der Waals surface area (Å²) in [4.78, 5) is 25.0. The van der Waals surface area contributed by atoms with Crippen LogP contribution in [0.2, 0.25) is 6.82 Å². The Morgan fingerprint density at radius 1 is 0.583 bits per heavy atom. The molecule has 0 fully saturated rings. The highest BCUT2D eigenvalue weighted by atomic mass is 16.2. The van der Waals surface area contributed by atoms with Crippen molar-refractivity contribution in [2.75, 3.05) is 10.6 Å². The summed E-state index contributed by atoms with van der Waals surface area (Å²) in [5.41, 5.74) is 7.50. The Hall–Kier alpha value is -4.12. The minimum Gasteiger partial charge on any atom is -0.322 e. The minimum absolute atomic E-state index is 0.113. The number of hydrogen-bond acceptors (Lipinski definition) is 2. The van der Waals surface area contributed by atoms with Gasteiger partial charge in [0.15, 0.2) is 0 Å². The number of benzene rings is 4. The zero-order valence-corrected chi connectivity index (χ0v) is 20.8. The maximum Gasteiger partial charge on any atom is 0.255 e. The van der Waals surface area contributed by atoms with Gasteiger partial charge >= 0.3 is 0 Å². The normalized spacial score (nSPS) is 10.5. The molecule has 0 saturated carbocycles. The van der Waals surface area contributed by atoms with Crippen molar-refractivity contribution in [1.82, 2.24) is 0 Å². The van der Waals surface area contributed by atoms with E-state index < -0.39 is 0 Å². The smallest absolute Gasteiger partial charge is 0.255 e. The van der Waals surface area contributed by atoms with Crippen molar-refractivity contribution in [3.05, 3.63) is 130 Å². The first-order valence-electron chi connectivity index (χ1n) is 12.3. The van der Waals surface area contributed by atoms with Gasteiger partial charge in [-0.2, -0.15) is 0 Å². The Labute approximate surface area is 214 Å². The zero-order valence-electron chi connectivity index (χ0n) is 20.8. The molecule has 0 atom stereocenters. The number of amides is 2. The van der Waals surface area contributed by atoms with Gasteiger partial charge in [0, 0.05) is 22.5 Å². The molecule has 4 nitrogen and oxygen atoms in total. The lowest BCUT2D eigenvalue weighted by Crippen LogP contribution is -2.12. The number of carbonyl (C=O) groups is 2. The molecule has 36 heavy (non-hydrogen) atoms. The van der Waals surface area contributed by atoms with Gasteiger partial charge in [0.25, 0.3) is 11.8 Å². The lowest BCUT2D eigenvalue weighted by atomic mass is 9.75. The van der Waals surface area contributed by atoms with Crippen LogP contribution in [-0.2, 0) is 19.2 Å². The molecule has 4 aromatic carbocycles. The van der Waals surface area contributed by atoms with Crippen molar-refractivity contribution in [2.24, 2.45) is 0 Å². The van der Waals surface area contributed by atoms with Crippen molar-refractivity contribution in [3.63, 3.8) is 0 Å². The Kier molecular flexibility index (Phi) is 8.35. The SMILES string of the molecule is C[B]Cc1ccc(C(=O)Nc2ccc(Cc3ccc(NC(=O)c4ccc(CC)cc4)cc3)cc2)cc1. The van der Waals surface area contributed by atoms with Crippen LogP contribution < -0.4 is 10.6 Å². The standard InChI is InChI=1S/C31H30BN2O2/c1-3-22-4-12-26(13-5-22)30(35)33-28-16-8-23(9-17-28)20-24-10-18-29(19-11-24)34-31(36)27-14-6-25(7-15-27)21-32-2/h4-19H,3,20-21H2,1-2H3,(H,33,35)(H,34,36). The van der Waals surface area contributed by atoms with Crippen molar-refractivity contribution < 1.29 is 9.59 Å². The molecule has 2 N–H and O–H groups in total. The summed E-state index contributed by atoms with van der Waals surface area (Å²) in [6.07, 6.45) is 2.61. The van der Waals surface area contributed by atoms with E-state index in [-0.39, 0.29) is 11.8 Å². The van der Waals surface area contributed by atoms with E-state index in [4.69, 9.17) is 0 Å². The molecule has 5 heteroatoms. The van der Waals surface area contributed by atoms with E-state index in [0.29, 0.717) is 11.1 Å². The summed E-state index contributed by atoms with van der Waals surface area (Å²) < 4.78 is 0. The van der Waals surface area contributed by atoms with Crippen LogP contribution in [-0.4, -0.2) is 19.1 Å². The molecule has 0 aliphatic rings. The molecular weight excluding hydrogens is 443 g/mol. The van der Waals surface area contributed by atoms with Crippen LogP contribution in [0.5, 0.6) is 0 Å². The molecule has 0 spiro atoms. The van der Waals surface area contributed by atoms with E-state index in [1.165, 1.54) is 11.1 Å². The van der Waals surface area contributed by atoms with Gasteiger partial charge in [-0.1, -0.05) is 74.2 Å². The van der Waals surface area contributed by atoms with Crippen LogP contribution in [0.3, 0.4) is 0 Å². The molecule has 0 heterocycles. The highest BCUT2D eigenvalue weighted by Crippen LogP contribution is 2.18. The third-order valence-electron chi connectivity index (χ3n) is 6.11. The molecule has 179 valence electrons. The molecule has 0 saturated heterocycles. The van der Waals surface area contributed by atoms with Crippen molar-refractivity contribution in [3.8, 4) is 0 Å². The Morgan fingerprint density at radius 2 is 0.972 bits per heavy atom. The van der Waals surface area contributed by atoms with Gasteiger partial charge in [0.1, 0.15) is 7.28 Å². The number of rotatable bonds is 9. The first-order chi connectivity index (χ1) is 17.5. The van der Waals surface area contributed by atoms with Gasteiger partial charge in [-0.05, 0) is 78.1 Å². The van der Waals surface area contributed by atoms with E-state index >= 15 is 0 Å². The average Bonchev–Trinajstić information content (AvgIpc) is 2.91. The van der Waals surface area contributed by atoms with Crippen LogP contribution in [0, 0.1) is 0 Å². The number of aryl methyl sites for hydroxylation is 1. The van der Waals surface area contributed by atoms with Crippen LogP contribution in [0.25, 0.3) is 0 Å². The Morgan fingerprint density at radius 3 is 1.36 bits per heavy atom. The third-order valence-corrected chi connectivity index (χ3v) is 6.11. The van der Waals surface area contributed by atoms with Gasteiger partial charge in [0.05, 0.1) is 0 Å². The molecular formula is C31H30BN2O2. The molecule has 2 amide bonds. The predicted octanol–water partition coefficient (Wildman–Crippen LogP) is 6.60. The number of anilines is 2. The highest BCUT2D eigenvalue weighted by Gasteiger charge is 2.08. The minimum atomic E-state index is -0.117. The van der Waals surface area contributed by atoms with Gasteiger partial charge in [-0.25, -0.2) is 0 Å². The fraction of sp³-hybridized carbons (Fsp3) is 0.161. The van der Waals surface area contributed by atoms with Crippen molar-refractivity contribution in [2.45, 2.75) is 32.9 Å². The third kappa shape index (κ3) is 6.73. The van der Waals surface area contributed by atoms with E-state index in [1.807, 2.05) is 104 Å². The van der Waals surface area contributed by atoms with Crippen molar-refractivity contribution >= 4 is 30.5 Å². The molecule has 4 rings (SSSR count). The first-order valence-corrected chi connectivity index (χ1v) is 12.3. The van der Waals surface area contributed by atoms with Gasteiger partial charge < -0.3 is 10.6 Å². The zero-order chi connectivity index (χ0) is 25.3. The second-order valence-electron chi connectivity index (χ2n) is 8.84. The van der Waals surface area contributed by atoms with Gasteiger partial charge in [0.2, 0.25) is 0 Å². The molecule has 0 unspecified atom stereocenters. The van der Waals surface area contributed by atoms with Gasteiger partial charge in [-0.15, -0.1) is 0 Å². The number of hydrogen-bond donors (Lipinski definition) is 2. The lowest BCUT2D eigenvalue weighted by molar-refractivity contribution is 0.101. The second-order valence-corrected chi connectivity index (χ2v) is 8.84. The summed E-state index contributed by atoms with van der Waals surface area (Å²) >= 11 is 0. The molecule has 1 radical (unpaired) electrons. The molecule has 4 aromatic rings. The van der Waals surface area contributed by atoms with E-state index in [1.54, 1.807) is 0 Å². The quantitative estimate of drug-likeness (QED) is 0.269. The molecule has 0 aliphatic heterocycles. The van der Waals surface area contributed by atoms with Crippen molar-refractivity contribution in [1.29, 1.82) is 0 Å². The lowest BCUT2D eigenvalue weighted by Gasteiger charge is -2.09. The summed E-state index contributed by atoms with van der Waals surface area (Å²) in [6.45, 7) is 4.11. The van der Waals surface area contributed by atoms with E-state index in [2.05, 4.69) is 24.8 Å². The monoisotopic (exact) mass is 473 g/mol. The van der Waals surface area contributed by atoms with E-state index in [9.17, 15) is 9.59 Å². The Bertz CT molecular complexity index is 1300. The summed E-state index contributed by atoms with van der Waals surface area (Å²) in [6, 6.07) is 31.1. The van der Waals surface area contributed by atoms with Crippen LogP contribution in [0.15, 0.2) is 97.1 Å². The number of nitrogens with one attached hydrogen (secondary N) is 2. The Balaban J connectivity index is 1.30. The van der Waals surface area contributed by atoms with Crippen LogP contribution in [0.1, 0.15) is 49.9 Å². The summed E-state index contributed by atoms with van der Waals surface area (Å²) in [7, 11) is 2.09.